The lowest BCUT2D eigenvalue weighted by molar-refractivity contribution is 0.142. The molecular formula is C14H18N2O2. The van der Waals surface area contributed by atoms with Gasteiger partial charge in [0.25, 0.3) is 0 Å². The largest absolute Gasteiger partial charge is 0.493 e. The molecule has 0 radical (unpaired) electrons. The highest BCUT2D eigenvalue weighted by Gasteiger charge is 2.21. The Morgan fingerprint density at radius 1 is 1.22 bits per heavy atom. The molecule has 0 unspecified atom stereocenters. The minimum atomic E-state index is 0.201. The molecule has 4 nitrogen and oxygen atoms in total. The molecule has 4 heteroatoms. The first-order valence-corrected chi connectivity index (χ1v) is 6.23. The molecule has 0 atom stereocenters. The van der Waals surface area contributed by atoms with Gasteiger partial charge in [0.2, 0.25) is 0 Å². The summed E-state index contributed by atoms with van der Waals surface area (Å²) in [6, 6.07) is 7.64. The number of benzene rings is 1. The molecule has 1 aromatic rings. The molecule has 18 heavy (non-hydrogen) atoms. The summed E-state index contributed by atoms with van der Waals surface area (Å²) in [6.07, 6.45) is 4.16. The summed E-state index contributed by atoms with van der Waals surface area (Å²) >= 11 is 0. The second kappa shape index (κ2) is 5.74. The zero-order valence-electron chi connectivity index (χ0n) is 10.6. The van der Waals surface area contributed by atoms with E-state index in [0.29, 0.717) is 23.1 Å². The number of nitriles is 1. The summed E-state index contributed by atoms with van der Waals surface area (Å²) in [6.45, 7) is 0. The lowest BCUT2D eigenvalue weighted by Gasteiger charge is -2.27. The van der Waals surface area contributed by atoms with Gasteiger partial charge in [-0.1, -0.05) is 0 Å². The van der Waals surface area contributed by atoms with E-state index in [0.717, 1.165) is 25.7 Å². The third-order valence-electron chi connectivity index (χ3n) is 3.31. The van der Waals surface area contributed by atoms with Gasteiger partial charge in [-0.3, -0.25) is 0 Å². The number of nitrogens with zero attached hydrogens (tertiary/aromatic N) is 1. The fraction of sp³-hybridized carbons (Fsp3) is 0.500. The highest BCUT2D eigenvalue weighted by Crippen LogP contribution is 2.31. The lowest BCUT2D eigenvalue weighted by atomic mass is 9.94. The molecule has 96 valence electrons. The first-order valence-electron chi connectivity index (χ1n) is 6.23. The van der Waals surface area contributed by atoms with Crippen LogP contribution >= 0.6 is 0 Å². The number of methoxy groups -OCH3 is 1. The number of nitrogens with two attached hydrogens (primary N) is 1. The SMILES string of the molecule is COc1cc(C#N)ccc1O[C@H]1CC[C@H](N)CC1. The van der Waals surface area contributed by atoms with Gasteiger partial charge in [-0.2, -0.15) is 5.26 Å². The molecule has 0 amide bonds. The first-order chi connectivity index (χ1) is 8.72. The highest BCUT2D eigenvalue weighted by molar-refractivity contribution is 5.46. The maximum atomic E-state index is 8.84. The number of ether oxygens (including phenoxy) is 2. The fourth-order valence-corrected chi connectivity index (χ4v) is 2.22. The average molecular weight is 246 g/mol. The van der Waals surface area contributed by atoms with Crippen LogP contribution in [0, 0.1) is 11.3 Å². The van der Waals surface area contributed by atoms with Crippen LogP contribution < -0.4 is 15.2 Å². The molecule has 1 saturated carbocycles. The van der Waals surface area contributed by atoms with E-state index in [9.17, 15) is 0 Å². The van der Waals surface area contributed by atoms with Gasteiger partial charge in [0.05, 0.1) is 24.8 Å². The van der Waals surface area contributed by atoms with Crippen LogP contribution in [0.15, 0.2) is 18.2 Å². The van der Waals surface area contributed by atoms with E-state index in [1.807, 2.05) is 0 Å². The monoisotopic (exact) mass is 246 g/mol. The van der Waals surface area contributed by atoms with Crippen molar-refractivity contribution in [3.8, 4) is 17.6 Å². The predicted molar refractivity (Wildman–Crippen MR) is 68.6 cm³/mol. The van der Waals surface area contributed by atoms with Crippen LogP contribution in [0.2, 0.25) is 0 Å². The molecule has 0 spiro atoms. The molecule has 0 heterocycles. The van der Waals surface area contributed by atoms with E-state index in [2.05, 4.69) is 6.07 Å². The van der Waals surface area contributed by atoms with Crippen LogP contribution in [0.5, 0.6) is 11.5 Å². The Balaban J connectivity index is 2.07. The van der Waals surface area contributed by atoms with Crippen molar-refractivity contribution >= 4 is 0 Å². The van der Waals surface area contributed by atoms with Crippen molar-refractivity contribution in [1.29, 1.82) is 5.26 Å². The van der Waals surface area contributed by atoms with Gasteiger partial charge in [-0.25, -0.2) is 0 Å². The standard InChI is InChI=1S/C14H18N2O2/c1-17-14-8-10(9-15)2-7-13(14)18-12-5-3-11(16)4-6-12/h2,7-8,11-12H,3-6,16H2,1H3/t11-,12-. The summed E-state index contributed by atoms with van der Waals surface area (Å²) in [5.41, 5.74) is 6.44. The number of hydrogen-bond donors (Lipinski definition) is 1. The van der Waals surface area contributed by atoms with Gasteiger partial charge < -0.3 is 15.2 Å². The van der Waals surface area contributed by atoms with Gasteiger partial charge >= 0.3 is 0 Å². The summed E-state index contributed by atoms with van der Waals surface area (Å²) in [5, 5.41) is 8.84. The Morgan fingerprint density at radius 2 is 1.94 bits per heavy atom. The molecule has 2 N–H and O–H groups in total. The summed E-state index contributed by atoms with van der Waals surface area (Å²) in [4.78, 5) is 0. The highest BCUT2D eigenvalue weighted by atomic mass is 16.5. The molecule has 1 fully saturated rings. The zero-order valence-corrected chi connectivity index (χ0v) is 10.6. The third kappa shape index (κ3) is 2.93. The van der Waals surface area contributed by atoms with Crippen LogP contribution in [0.4, 0.5) is 0 Å². The zero-order chi connectivity index (χ0) is 13.0. The Kier molecular flexibility index (Phi) is 4.06. The molecule has 1 aliphatic rings. The summed E-state index contributed by atoms with van der Waals surface area (Å²) < 4.78 is 11.2. The van der Waals surface area contributed by atoms with Crippen LogP contribution in [0.25, 0.3) is 0 Å². The Bertz CT molecular complexity index is 446. The molecule has 0 aliphatic heterocycles. The van der Waals surface area contributed by atoms with Crippen molar-refractivity contribution in [3.05, 3.63) is 23.8 Å². The van der Waals surface area contributed by atoms with E-state index >= 15 is 0 Å². The first kappa shape index (κ1) is 12.7. The minimum Gasteiger partial charge on any atom is -0.493 e. The van der Waals surface area contributed by atoms with Gasteiger partial charge in [0.1, 0.15) is 0 Å². The molecule has 2 rings (SSSR count). The van der Waals surface area contributed by atoms with Crippen LogP contribution in [0.3, 0.4) is 0 Å². The summed E-state index contributed by atoms with van der Waals surface area (Å²) in [7, 11) is 1.58. The van der Waals surface area contributed by atoms with E-state index < -0.39 is 0 Å². The molecule has 1 aromatic carbocycles. The normalized spacial score (nSPS) is 23.2. The maximum Gasteiger partial charge on any atom is 0.162 e. The van der Waals surface area contributed by atoms with Crippen molar-refractivity contribution in [2.45, 2.75) is 37.8 Å². The van der Waals surface area contributed by atoms with Gasteiger partial charge in [-0.15, -0.1) is 0 Å². The molecule has 0 saturated heterocycles. The van der Waals surface area contributed by atoms with Crippen molar-refractivity contribution in [3.63, 3.8) is 0 Å². The van der Waals surface area contributed by atoms with Gasteiger partial charge in [0.15, 0.2) is 11.5 Å². The third-order valence-corrected chi connectivity index (χ3v) is 3.31. The predicted octanol–water partition coefficient (Wildman–Crippen LogP) is 2.22. The lowest BCUT2D eigenvalue weighted by Crippen LogP contribution is -2.31. The summed E-state index contributed by atoms with van der Waals surface area (Å²) in [5.74, 6) is 1.32. The van der Waals surface area contributed by atoms with Crippen LogP contribution in [-0.4, -0.2) is 19.3 Å². The quantitative estimate of drug-likeness (QED) is 0.887. The second-order valence-electron chi connectivity index (χ2n) is 4.63. The van der Waals surface area contributed by atoms with Crippen molar-refractivity contribution in [1.82, 2.24) is 0 Å². The molecule has 0 bridgehead atoms. The molecule has 0 aromatic heterocycles. The molecular weight excluding hydrogens is 228 g/mol. The average Bonchev–Trinajstić information content (AvgIpc) is 2.41. The smallest absolute Gasteiger partial charge is 0.162 e. The molecule has 1 aliphatic carbocycles. The van der Waals surface area contributed by atoms with Gasteiger partial charge in [0, 0.05) is 12.1 Å². The van der Waals surface area contributed by atoms with Crippen LogP contribution in [-0.2, 0) is 0 Å². The van der Waals surface area contributed by atoms with Crippen molar-refractivity contribution in [2.75, 3.05) is 7.11 Å². The van der Waals surface area contributed by atoms with E-state index in [1.165, 1.54) is 0 Å². The Hall–Kier alpha value is -1.73. The van der Waals surface area contributed by atoms with Gasteiger partial charge in [-0.05, 0) is 37.8 Å². The van der Waals surface area contributed by atoms with E-state index in [-0.39, 0.29) is 6.10 Å². The number of rotatable bonds is 3. The van der Waals surface area contributed by atoms with Crippen molar-refractivity contribution < 1.29 is 9.47 Å². The second-order valence-corrected chi connectivity index (χ2v) is 4.63. The van der Waals surface area contributed by atoms with E-state index in [1.54, 1.807) is 25.3 Å². The fourth-order valence-electron chi connectivity index (χ4n) is 2.22. The van der Waals surface area contributed by atoms with Crippen molar-refractivity contribution in [2.24, 2.45) is 5.73 Å². The van der Waals surface area contributed by atoms with E-state index in [4.69, 9.17) is 20.5 Å². The Labute approximate surface area is 107 Å². The Morgan fingerprint density at radius 3 is 2.56 bits per heavy atom. The van der Waals surface area contributed by atoms with Crippen LogP contribution in [0.1, 0.15) is 31.2 Å². The maximum absolute atomic E-state index is 8.84. The number of hydrogen-bond acceptors (Lipinski definition) is 4. The topological polar surface area (TPSA) is 68.3 Å². The minimum absolute atomic E-state index is 0.201.